The maximum absolute atomic E-state index is 3.82. The van der Waals surface area contributed by atoms with Crippen LogP contribution in [0.4, 0.5) is 0 Å². The maximum atomic E-state index is 3.82. The second-order valence-corrected chi connectivity index (χ2v) is 14.6. The highest BCUT2D eigenvalue weighted by molar-refractivity contribution is 6.90. The highest BCUT2D eigenvalue weighted by Crippen LogP contribution is 2.08. The molecule has 0 aliphatic carbocycles. The predicted octanol–water partition coefficient (Wildman–Crippen LogP) is 2.64. The van der Waals surface area contributed by atoms with Gasteiger partial charge in [0.15, 0.2) is 0 Å². The first-order valence-corrected chi connectivity index (χ1v) is 10.8. The molecule has 0 spiro atoms. The SMILES string of the molecule is CC[Si](C)(C)N[Si](C)(C)C. The molecule has 3 heteroatoms. The van der Waals surface area contributed by atoms with Crippen molar-refractivity contribution >= 4 is 16.5 Å². The largest absolute Gasteiger partial charge is 0.360 e. The van der Waals surface area contributed by atoms with E-state index in [0.717, 1.165) is 0 Å². The molecular weight excluding hydrogens is 154 g/mol. The van der Waals surface area contributed by atoms with Gasteiger partial charge in [-0.15, -0.1) is 0 Å². The molecule has 62 valence electrons. The molecule has 0 aliphatic rings. The summed E-state index contributed by atoms with van der Waals surface area (Å²) in [7, 11) is -2.00. The number of hydrogen-bond acceptors (Lipinski definition) is 1. The van der Waals surface area contributed by atoms with Crippen molar-refractivity contribution in [3.8, 4) is 0 Å². The Balaban J connectivity index is 3.89. The first-order valence-electron chi connectivity index (χ1n) is 4.06. The second-order valence-electron chi connectivity index (χ2n) is 4.61. The summed E-state index contributed by atoms with van der Waals surface area (Å²) >= 11 is 0. The van der Waals surface area contributed by atoms with Gasteiger partial charge in [0.2, 0.25) is 0 Å². The van der Waals surface area contributed by atoms with E-state index in [0.29, 0.717) is 0 Å². The van der Waals surface area contributed by atoms with Gasteiger partial charge < -0.3 is 4.65 Å². The lowest BCUT2D eigenvalue weighted by Crippen LogP contribution is -2.56. The predicted molar refractivity (Wildman–Crippen MR) is 54.4 cm³/mol. The highest BCUT2D eigenvalue weighted by Gasteiger charge is 2.25. The van der Waals surface area contributed by atoms with Crippen molar-refractivity contribution in [3.05, 3.63) is 0 Å². The van der Waals surface area contributed by atoms with E-state index in [1.54, 1.807) is 0 Å². The van der Waals surface area contributed by atoms with Crippen LogP contribution in [-0.2, 0) is 0 Å². The zero-order chi connectivity index (χ0) is 8.41. The molecular formula is C7H21NSi2. The zero-order valence-corrected chi connectivity index (χ0v) is 10.2. The van der Waals surface area contributed by atoms with E-state index in [1.165, 1.54) is 6.04 Å². The minimum absolute atomic E-state index is 1.00. The van der Waals surface area contributed by atoms with Gasteiger partial charge >= 0.3 is 0 Å². The van der Waals surface area contributed by atoms with Crippen LogP contribution in [0.25, 0.3) is 0 Å². The van der Waals surface area contributed by atoms with Gasteiger partial charge in [0.05, 0.1) is 0 Å². The standard InChI is InChI=1S/C7H21NSi2/c1-7-10(5,6)8-9(2,3)4/h8H,7H2,1-6H3. The molecule has 0 fully saturated rings. The molecule has 0 rings (SSSR count). The van der Waals surface area contributed by atoms with E-state index in [9.17, 15) is 0 Å². The summed E-state index contributed by atoms with van der Waals surface area (Å²) in [6, 6.07) is 1.34. The summed E-state index contributed by atoms with van der Waals surface area (Å²) in [5.74, 6) is 0. The Kier molecular flexibility index (Phi) is 3.32. The Bertz CT molecular complexity index is 105. The molecule has 0 unspecified atom stereocenters. The Morgan fingerprint density at radius 3 is 1.50 bits per heavy atom. The van der Waals surface area contributed by atoms with Gasteiger partial charge in [-0.1, -0.05) is 39.7 Å². The molecule has 0 amide bonds. The number of nitrogens with one attached hydrogen (secondary N) is 1. The molecule has 10 heavy (non-hydrogen) atoms. The van der Waals surface area contributed by atoms with Gasteiger partial charge in [0.1, 0.15) is 16.5 Å². The molecule has 0 heterocycles. The van der Waals surface area contributed by atoms with Crippen molar-refractivity contribution < 1.29 is 0 Å². The summed E-state index contributed by atoms with van der Waals surface area (Å²) < 4.78 is 3.82. The highest BCUT2D eigenvalue weighted by atomic mass is 28.4. The molecule has 0 aromatic heterocycles. The van der Waals surface area contributed by atoms with E-state index in [2.05, 4.69) is 44.3 Å². The molecule has 0 aromatic carbocycles. The van der Waals surface area contributed by atoms with Crippen LogP contribution in [-0.4, -0.2) is 16.5 Å². The van der Waals surface area contributed by atoms with Crippen LogP contribution in [0.15, 0.2) is 0 Å². The average molecular weight is 175 g/mol. The molecule has 0 radical (unpaired) electrons. The third-order valence-electron chi connectivity index (χ3n) is 1.60. The third-order valence-corrected chi connectivity index (χ3v) is 9.07. The van der Waals surface area contributed by atoms with Crippen molar-refractivity contribution in [1.29, 1.82) is 0 Å². The van der Waals surface area contributed by atoms with Crippen LogP contribution >= 0.6 is 0 Å². The van der Waals surface area contributed by atoms with Crippen molar-refractivity contribution in [1.82, 2.24) is 4.65 Å². The molecule has 0 saturated carbocycles. The summed E-state index contributed by atoms with van der Waals surface area (Å²) in [6.07, 6.45) is 0. The normalized spacial score (nSPS) is 13.8. The van der Waals surface area contributed by atoms with Gasteiger partial charge in [0.25, 0.3) is 0 Å². The quantitative estimate of drug-likeness (QED) is 0.650. The van der Waals surface area contributed by atoms with E-state index in [1.807, 2.05) is 0 Å². The Hall–Kier alpha value is 0.394. The fourth-order valence-electron chi connectivity index (χ4n) is 1.10. The van der Waals surface area contributed by atoms with Gasteiger partial charge in [-0.05, 0) is 6.04 Å². The lowest BCUT2D eigenvalue weighted by atomic mass is 11.0. The average Bonchev–Trinajstić information content (AvgIpc) is 1.60. The summed E-state index contributed by atoms with van der Waals surface area (Å²) in [5.41, 5.74) is 0. The Labute approximate surface area is 67.4 Å². The molecule has 1 nitrogen and oxygen atoms in total. The van der Waals surface area contributed by atoms with Crippen LogP contribution in [0.2, 0.25) is 38.8 Å². The van der Waals surface area contributed by atoms with Gasteiger partial charge in [0, 0.05) is 0 Å². The van der Waals surface area contributed by atoms with Gasteiger partial charge in [-0.25, -0.2) is 0 Å². The number of hydrogen-bond donors (Lipinski definition) is 1. The zero-order valence-electron chi connectivity index (χ0n) is 8.21. The molecule has 0 saturated heterocycles. The molecule has 0 atom stereocenters. The summed E-state index contributed by atoms with van der Waals surface area (Å²) in [6.45, 7) is 14.2. The second kappa shape index (κ2) is 3.19. The third kappa shape index (κ3) is 5.20. The molecule has 0 aromatic rings. The smallest absolute Gasteiger partial charge is 0.112 e. The molecule has 1 N–H and O–H groups in total. The van der Waals surface area contributed by atoms with Crippen molar-refractivity contribution in [2.75, 3.05) is 0 Å². The first-order chi connectivity index (χ1) is 4.27. The lowest BCUT2D eigenvalue weighted by molar-refractivity contribution is 1.21. The monoisotopic (exact) mass is 175 g/mol. The van der Waals surface area contributed by atoms with E-state index >= 15 is 0 Å². The van der Waals surface area contributed by atoms with Crippen molar-refractivity contribution in [2.24, 2.45) is 0 Å². The minimum Gasteiger partial charge on any atom is -0.360 e. The van der Waals surface area contributed by atoms with Crippen LogP contribution in [0.1, 0.15) is 6.92 Å². The first kappa shape index (κ1) is 10.4. The van der Waals surface area contributed by atoms with E-state index in [4.69, 9.17) is 0 Å². The van der Waals surface area contributed by atoms with Gasteiger partial charge in [-0.2, -0.15) is 0 Å². The van der Waals surface area contributed by atoms with Crippen molar-refractivity contribution in [2.45, 2.75) is 45.7 Å². The maximum Gasteiger partial charge on any atom is 0.112 e. The lowest BCUT2D eigenvalue weighted by Gasteiger charge is -2.30. The minimum atomic E-state index is -1.00. The topological polar surface area (TPSA) is 12.0 Å². The fourth-order valence-corrected chi connectivity index (χ4v) is 9.93. The fraction of sp³-hybridized carbons (Fsp3) is 1.00. The summed E-state index contributed by atoms with van der Waals surface area (Å²) in [5, 5.41) is 0. The van der Waals surface area contributed by atoms with Crippen LogP contribution in [0.5, 0.6) is 0 Å². The Morgan fingerprint density at radius 2 is 1.40 bits per heavy atom. The van der Waals surface area contributed by atoms with E-state index < -0.39 is 16.5 Å². The van der Waals surface area contributed by atoms with Crippen LogP contribution in [0.3, 0.4) is 0 Å². The van der Waals surface area contributed by atoms with Crippen LogP contribution in [0, 0.1) is 0 Å². The summed E-state index contributed by atoms with van der Waals surface area (Å²) in [4.78, 5) is 0. The number of rotatable bonds is 3. The molecule has 0 bridgehead atoms. The van der Waals surface area contributed by atoms with Gasteiger partial charge in [-0.3, -0.25) is 0 Å². The van der Waals surface area contributed by atoms with Crippen molar-refractivity contribution in [3.63, 3.8) is 0 Å². The molecule has 0 aliphatic heterocycles. The van der Waals surface area contributed by atoms with Crippen LogP contribution < -0.4 is 4.65 Å². The Morgan fingerprint density at radius 1 is 1.00 bits per heavy atom. The van der Waals surface area contributed by atoms with E-state index in [-0.39, 0.29) is 0 Å².